The molecular formula is C24H27FN4O. The third kappa shape index (κ3) is 3.90. The van der Waals surface area contributed by atoms with E-state index in [0.29, 0.717) is 0 Å². The summed E-state index contributed by atoms with van der Waals surface area (Å²) in [6, 6.07) is 15.0. The first-order valence-corrected chi connectivity index (χ1v) is 10.7. The monoisotopic (exact) mass is 406 g/mol. The summed E-state index contributed by atoms with van der Waals surface area (Å²) in [5, 5.41) is 10.3. The van der Waals surface area contributed by atoms with Crippen molar-refractivity contribution in [3.05, 3.63) is 77.1 Å². The summed E-state index contributed by atoms with van der Waals surface area (Å²) in [5.41, 5.74) is 3.68. The van der Waals surface area contributed by atoms with Gasteiger partial charge in [-0.15, -0.1) is 0 Å². The highest BCUT2D eigenvalue weighted by Crippen LogP contribution is 2.29. The van der Waals surface area contributed by atoms with Crippen LogP contribution in [-0.4, -0.2) is 36.4 Å². The van der Waals surface area contributed by atoms with Crippen LogP contribution in [0.1, 0.15) is 23.1 Å². The van der Waals surface area contributed by atoms with Crippen molar-refractivity contribution in [3.8, 4) is 0 Å². The number of nitrogens with zero attached hydrogens (tertiary/aromatic N) is 1. The van der Waals surface area contributed by atoms with Gasteiger partial charge in [0.05, 0.1) is 12.1 Å². The Balaban J connectivity index is 1.28. The second kappa shape index (κ2) is 8.30. The highest BCUT2D eigenvalue weighted by molar-refractivity contribution is 5.81. The second-order valence-corrected chi connectivity index (χ2v) is 8.39. The van der Waals surface area contributed by atoms with Crippen LogP contribution in [0.4, 0.5) is 4.39 Å². The zero-order valence-electron chi connectivity index (χ0n) is 16.9. The molecule has 5 nitrogen and oxygen atoms in total. The fourth-order valence-corrected chi connectivity index (χ4v) is 4.87. The van der Waals surface area contributed by atoms with E-state index in [4.69, 9.17) is 0 Å². The van der Waals surface area contributed by atoms with E-state index in [1.165, 1.54) is 23.3 Å². The Kier molecular flexibility index (Phi) is 5.37. The van der Waals surface area contributed by atoms with Crippen molar-refractivity contribution in [2.45, 2.75) is 31.8 Å². The number of halogens is 1. The molecule has 0 spiro atoms. The van der Waals surface area contributed by atoms with Crippen LogP contribution in [0.15, 0.2) is 54.6 Å². The Labute approximate surface area is 176 Å². The first kappa shape index (κ1) is 19.4. The van der Waals surface area contributed by atoms with Gasteiger partial charge in [-0.1, -0.05) is 48.6 Å². The van der Waals surface area contributed by atoms with Crippen LogP contribution in [-0.2, 0) is 17.8 Å². The average Bonchev–Trinajstić information content (AvgIpc) is 2.78. The van der Waals surface area contributed by atoms with Gasteiger partial charge in [0.2, 0.25) is 5.91 Å². The lowest BCUT2D eigenvalue weighted by Gasteiger charge is -2.47. The van der Waals surface area contributed by atoms with E-state index in [1.807, 2.05) is 6.08 Å². The van der Waals surface area contributed by atoms with Crippen molar-refractivity contribution in [2.24, 2.45) is 11.8 Å². The minimum absolute atomic E-state index is 0.0578. The smallest absolute Gasteiger partial charge is 0.228 e. The van der Waals surface area contributed by atoms with Crippen molar-refractivity contribution < 1.29 is 9.18 Å². The lowest BCUT2D eigenvalue weighted by molar-refractivity contribution is -0.136. The Bertz CT molecular complexity index is 944. The quantitative estimate of drug-likeness (QED) is 0.733. The number of hydrogen-bond donors (Lipinski definition) is 3. The van der Waals surface area contributed by atoms with Gasteiger partial charge < -0.3 is 10.6 Å². The van der Waals surface area contributed by atoms with E-state index >= 15 is 0 Å². The van der Waals surface area contributed by atoms with Crippen LogP contribution in [0, 0.1) is 17.7 Å². The Morgan fingerprint density at radius 3 is 2.70 bits per heavy atom. The Hall–Kier alpha value is -2.54. The highest BCUT2D eigenvalue weighted by atomic mass is 19.1. The van der Waals surface area contributed by atoms with E-state index < -0.39 is 0 Å². The van der Waals surface area contributed by atoms with Gasteiger partial charge in [0.25, 0.3) is 0 Å². The molecule has 0 aromatic heterocycles. The van der Waals surface area contributed by atoms with Gasteiger partial charge in [0.15, 0.2) is 0 Å². The summed E-state index contributed by atoms with van der Waals surface area (Å²) in [5.74, 6) is -0.180. The Morgan fingerprint density at radius 1 is 1.07 bits per heavy atom. The first-order chi connectivity index (χ1) is 14.7. The molecule has 30 heavy (non-hydrogen) atoms. The maximum atomic E-state index is 13.1. The topological polar surface area (TPSA) is 56.4 Å². The number of rotatable bonds is 3. The van der Waals surface area contributed by atoms with Crippen molar-refractivity contribution >= 4 is 12.0 Å². The molecule has 0 bridgehead atoms. The fraction of sp³-hybridized carbons (Fsp3) is 0.375. The van der Waals surface area contributed by atoms with Crippen LogP contribution in [0.3, 0.4) is 0 Å². The predicted octanol–water partition coefficient (Wildman–Crippen LogP) is 2.45. The normalized spacial score (nSPS) is 29.3. The number of carbonyl (C=O) groups excluding carboxylic acids is 1. The summed E-state index contributed by atoms with van der Waals surface area (Å²) in [4.78, 5) is 15.4. The van der Waals surface area contributed by atoms with Crippen LogP contribution in [0.2, 0.25) is 0 Å². The first-order valence-electron chi connectivity index (χ1n) is 10.7. The van der Waals surface area contributed by atoms with Gasteiger partial charge >= 0.3 is 0 Å². The molecule has 5 rings (SSSR count). The zero-order chi connectivity index (χ0) is 20.5. The average molecular weight is 407 g/mol. The number of carbonyl (C=O) groups is 1. The van der Waals surface area contributed by atoms with Gasteiger partial charge in [0.1, 0.15) is 12.1 Å². The van der Waals surface area contributed by atoms with Gasteiger partial charge in [0, 0.05) is 13.1 Å². The summed E-state index contributed by atoms with van der Waals surface area (Å²) in [6.45, 7) is 2.61. The molecule has 0 saturated carbocycles. The molecule has 3 heterocycles. The van der Waals surface area contributed by atoms with Gasteiger partial charge in [-0.25, -0.2) is 4.39 Å². The lowest BCUT2D eigenvalue weighted by Crippen LogP contribution is -2.72. The number of piperidine rings is 1. The molecule has 2 saturated heterocycles. The van der Waals surface area contributed by atoms with Crippen LogP contribution in [0.5, 0.6) is 0 Å². The number of fused-ring (bicyclic) bond motifs is 2. The van der Waals surface area contributed by atoms with E-state index in [1.54, 1.807) is 12.1 Å². The lowest BCUT2D eigenvalue weighted by atomic mass is 9.81. The molecule has 1 amide bonds. The van der Waals surface area contributed by atoms with Gasteiger partial charge in [-0.3, -0.25) is 15.0 Å². The van der Waals surface area contributed by atoms with Gasteiger partial charge in [-0.2, -0.15) is 0 Å². The molecule has 2 aromatic carbocycles. The standard InChI is InChI=1S/C24H27FN4O/c25-20-9-6-16(7-10-20)5-8-18-11-13-26-22-21(18)23(30)28-24(27-22)29-14-12-17-3-1-2-4-19(17)15-29/h1-10,18,21-22,24,26-27H,11-15H2,(H,28,30)/b8-5+. The molecule has 3 aliphatic heterocycles. The van der Waals surface area contributed by atoms with Crippen molar-refractivity contribution in [1.82, 2.24) is 20.9 Å². The largest absolute Gasteiger partial charge is 0.328 e. The fourth-order valence-electron chi connectivity index (χ4n) is 4.87. The number of nitrogens with one attached hydrogen (secondary N) is 3. The van der Waals surface area contributed by atoms with E-state index in [2.05, 4.69) is 51.2 Å². The number of amides is 1. The van der Waals surface area contributed by atoms with Crippen LogP contribution in [0.25, 0.3) is 6.08 Å². The zero-order valence-corrected chi connectivity index (χ0v) is 16.9. The minimum Gasteiger partial charge on any atom is -0.328 e. The molecule has 4 unspecified atom stereocenters. The van der Waals surface area contributed by atoms with Crippen molar-refractivity contribution in [3.63, 3.8) is 0 Å². The maximum absolute atomic E-state index is 13.1. The van der Waals surface area contributed by atoms with E-state index in [9.17, 15) is 9.18 Å². The molecule has 6 heteroatoms. The number of benzene rings is 2. The highest BCUT2D eigenvalue weighted by Gasteiger charge is 2.43. The van der Waals surface area contributed by atoms with E-state index in [-0.39, 0.29) is 36.0 Å². The summed E-state index contributed by atoms with van der Waals surface area (Å²) >= 11 is 0. The molecule has 0 radical (unpaired) electrons. The third-order valence-electron chi connectivity index (χ3n) is 6.51. The minimum atomic E-state index is -0.240. The number of allylic oxidation sites excluding steroid dienone is 1. The summed E-state index contributed by atoms with van der Waals surface area (Å²) in [7, 11) is 0. The SMILES string of the molecule is O=C1NC(N2CCc3ccccc3C2)NC2NCCC(/C=C/c3ccc(F)cc3)C12. The molecule has 2 aromatic rings. The molecule has 156 valence electrons. The predicted molar refractivity (Wildman–Crippen MR) is 114 cm³/mol. The van der Waals surface area contributed by atoms with Crippen LogP contribution < -0.4 is 16.0 Å². The molecule has 0 aliphatic carbocycles. The molecule has 3 N–H and O–H groups in total. The summed E-state index contributed by atoms with van der Waals surface area (Å²) in [6.07, 6.45) is 5.76. The molecule has 2 fully saturated rings. The molecular weight excluding hydrogens is 379 g/mol. The van der Waals surface area contributed by atoms with Crippen molar-refractivity contribution in [2.75, 3.05) is 13.1 Å². The molecule has 4 atom stereocenters. The number of hydrogen-bond acceptors (Lipinski definition) is 4. The Morgan fingerprint density at radius 2 is 1.87 bits per heavy atom. The van der Waals surface area contributed by atoms with Crippen molar-refractivity contribution in [1.29, 1.82) is 0 Å². The maximum Gasteiger partial charge on any atom is 0.228 e. The third-order valence-corrected chi connectivity index (χ3v) is 6.51. The molecule has 3 aliphatic rings. The summed E-state index contributed by atoms with van der Waals surface area (Å²) < 4.78 is 13.1. The second-order valence-electron chi connectivity index (χ2n) is 8.39. The van der Waals surface area contributed by atoms with E-state index in [0.717, 1.165) is 38.0 Å². The van der Waals surface area contributed by atoms with Crippen LogP contribution >= 0.6 is 0 Å². The van der Waals surface area contributed by atoms with Gasteiger partial charge in [-0.05, 0) is 54.1 Å².